The van der Waals surface area contributed by atoms with Gasteiger partial charge in [0.2, 0.25) is 5.91 Å². The molecule has 0 atom stereocenters. The third-order valence-corrected chi connectivity index (χ3v) is 3.70. The first kappa shape index (κ1) is 16.6. The van der Waals surface area contributed by atoms with Gasteiger partial charge in [0, 0.05) is 13.0 Å². The molecule has 1 aromatic carbocycles. The maximum Gasteiger partial charge on any atom is 0.573 e. The summed E-state index contributed by atoms with van der Waals surface area (Å²) in [5.74, 6) is -0.469. The van der Waals surface area contributed by atoms with Crippen molar-refractivity contribution in [3.8, 4) is 5.75 Å². The van der Waals surface area contributed by atoms with E-state index in [1.165, 1.54) is 24.3 Å². The van der Waals surface area contributed by atoms with E-state index in [0.717, 1.165) is 12.0 Å². The Bertz CT molecular complexity index is 510. The fourth-order valence-corrected chi connectivity index (χ4v) is 2.23. The highest BCUT2D eigenvalue weighted by Crippen LogP contribution is 2.30. The van der Waals surface area contributed by atoms with Crippen molar-refractivity contribution in [1.82, 2.24) is 5.32 Å². The molecule has 0 saturated heterocycles. The highest BCUT2D eigenvalue weighted by atomic mass is 19.4. The Labute approximate surface area is 126 Å². The van der Waals surface area contributed by atoms with Crippen LogP contribution in [0.3, 0.4) is 0 Å². The number of halogens is 3. The van der Waals surface area contributed by atoms with Gasteiger partial charge in [-0.2, -0.15) is 0 Å². The lowest BCUT2D eigenvalue weighted by atomic mass is 9.80. The van der Waals surface area contributed by atoms with Crippen molar-refractivity contribution in [1.29, 1.82) is 0 Å². The molecular formula is C15H18F3NO3. The van der Waals surface area contributed by atoms with Crippen molar-refractivity contribution < 1.29 is 27.8 Å². The minimum atomic E-state index is -4.71. The van der Waals surface area contributed by atoms with Crippen molar-refractivity contribution >= 4 is 5.91 Å². The van der Waals surface area contributed by atoms with Crippen LogP contribution < -0.4 is 10.1 Å². The fraction of sp³-hybridized carbons (Fsp3) is 0.533. The van der Waals surface area contributed by atoms with E-state index in [1.54, 1.807) is 0 Å². The SMILES string of the molecule is O=C(CCc1ccc(OC(F)(F)F)cc1)NCC1(O)CCC1. The van der Waals surface area contributed by atoms with Gasteiger partial charge >= 0.3 is 6.36 Å². The van der Waals surface area contributed by atoms with Gasteiger partial charge in [0.15, 0.2) is 0 Å². The molecule has 0 heterocycles. The Kier molecular flexibility index (Phi) is 4.95. The van der Waals surface area contributed by atoms with Gasteiger partial charge in [-0.05, 0) is 43.4 Å². The topological polar surface area (TPSA) is 58.6 Å². The zero-order valence-electron chi connectivity index (χ0n) is 11.9. The second-order valence-corrected chi connectivity index (χ2v) is 5.55. The molecule has 0 aliphatic heterocycles. The number of carbonyl (C=O) groups is 1. The molecule has 0 aromatic heterocycles. The number of nitrogens with one attached hydrogen (secondary N) is 1. The molecular weight excluding hydrogens is 299 g/mol. The largest absolute Gasteiger partial charge is 0.573 e. The summed E-state index contributed by atoms with van der Waals surface area (Å²) in [6.45, 7) is 0.254. The van der Waals surface area contributed by atoms with Gasteiger partial charge in [0.05, 0.1) is 5.60 Å². The minimum absolute atomic E-state index is 0.184. The van der Waals surface area contributed by atoms with Gasteiger partial charge in [-0.1, -0.05) is 12.1 Å². The zero-order chi connectivity index (χ0) is 16.2. The van der Waals surface area contributed by atoms with E-state index in [-0.39, 0.29) is 24.6 Å². The molecule has 2 rings (SSSR count). The first-order valence-electron chi connectivity index (χ1n) is 7.10. The standard InChI is InChI=1S/C15H18F3NO3/c16-15(17,18)22-12-5-2-11(3-6-12)4-7-13(20)19-10-14(21)8-1-9-14/h2-3,5-6,21H,1,4,7-10H2,(H,19,20). The van der Waals surface area contributed by atoms with Gasteiger partial charge in [-0.25, -0.2) is 0 Å². The third-order valence-electron chi connectivity index (χ3n) is 3.70. The molecule has 22 heavy (non-hydrogen) atoms. The summed E-state index contributed by atoms with van der Waals surface area (Å²) >= 11 is 0. The second-order valence-electron chi connectivity index (χ2n) is 5.55. The molecule has 122 valence electrons. The highest BCUT2D eigenvalue weighted by molar-refractivity contribution is 5.76. The van der Waals surface area contributed by atoms with Crippen molar-refractivity contribution in [2.45, 2.75) is 44.1 Å². The fourth-order valence-electron chi connectivity index (χ4n) is 2.23. The number of amides is 1. The lowest BCUT2D eigenvalue weighted by Gasteiger charge is -2.36. The minimum Gasteiger partial charge on any atom is -0.406 e. The Morgan fingerprint density at radius 3 is 2.41 bits per heavy atom. The van der Waals surface area contributed by atoms with E-state index in [1.807, 2.05) is 0 Å². The summed E-state index contributed by atoms with van der Waals surface area (Å²) in [4.78, 5) is 11.7. The van der Waals surface area contributed by atoms with Gasteiger partial charge in [0.1, 0.15) is 5.75 Å². The summed E-state index contributed by atoms with van der Waals surface area (Å²) in [6, 6.07) is 5.43. The van der Waals surface area contributed by atoms with E-state index >= 15 is 0 Å². The van der Waals surface area contributed by atoms with Crippen LogP contribution in [-0.4, -0.2) is 29.5 Å². The molecule has 1 aliphatic rings. The Hall–Kier alpha value is -1.76. The third kappa shape index (κ3) is 5.22. The van der Waals surface area contributed by atoms with Crippen LogP contribution in [0.25, 0.3) is 0 Å². The van der Waals surface area contributed by atoms with E-state index in [0.29, 0.717) is 19.3 Å². The average Bonchev–Trinajstić information content (AvgIpc) is 2.40. The number of aryl methyl sites for hydroxylation is 1. The molecule has 4 nitrogen and oxygen atoms in total. The van der Waals surface area contributed by atoms with E-state index in [2.05, 4.69) is 10.1 Å². The van der Waals surface area contributed by atoms with Crippen LogP contribution in [0.5, 0.6) is 5.75 Å². The summed E-state index contributed by atoms with van der Waals surface area (Å²) in [5, 5.41) is 12.5. The molecule has 0 spiro atoms. The summed E-state index contributed by atoms with van der Waals surface area (Å²) in [7, 11) is 0. The number of carbonyl (C=O) groups excluding carboxylic acids is 1. The maximum absolute atomic E-state index is 12.0. The maximum atomic E-state index is 12.0. The highest BCUT2D eigenvalue weighted by Gasteiger charge is 2.34. The second kappa shape index (κ2) is 6.56. The van der Waals surface area contributed by atoms with Gasteiger partial charge in [-0.3, -0.25) is 4.79 Å². The van der Waals surface area contributed by atoms with Crippen molar-refractivity contribution in [2.75, 3.05) is 6.54 Å². The number of aliphatic hydroxyl groups is 1. The summed E-state index contributed by atoms with van der Waals surface area (Å²) in [5.41, 5.74) is -0.0151. The first-order chi connectivity index (χ1) is 10.3. The van der Waals surface area contributed by atoms with Gasteiger partial charge in [-0.15, -0.1) is 13.2 Å². The van der Waals surface area contributed by atoms with Crippen LogP contribution in [0, 0.1) is 0 Å². The number of benzene rings is 1. The zero-order valence-corrected chi connectivity index (χ0v) is 11.9. The molecule has 0 unspecified atom stereocenters. The number of hydrogen-bond acceptors (Lipinski definition) is 3. The molecule has 1 saturated carbocycles. The van der Waals surface area contributed by atoms with E-state index in [9.17, 15) is 23.1 Å². The molecule has 1 aliphatic carbocycles. The van der Waals surface area contributed by atoms with E-state index in [4.69, 9.17) is 0 Å². The van der Waals surface area contributed by atoms with Crippen LogP contribution in [0.4, 0.5) is 13.2 Å². The summed E-state index contributed by atoms with van der Waals surface area (Å²) < 4.78 is 39.8. The quantitative estimate of drug-likeness (QED) is 0.848. The number of hydrogen-bond donors (Lipinski definition) is 2. The molecule has 1 amide bonds. The van der Waals surface area contributed by atoms with Crippen molar-refractivity contribution in [2.24, 2.45) is 0 Å². The predicted molar refractivity (Wildman–Crippen MR) is 73.3 cm³/mol. The lowest BCUT2D eigenvalue weighted by molar-refractivity contribution is -0.274. The molecule has 2 N–H and O–H groups in total. The van der Waals surface area contributed by atoms with Crippen LogP contribution >= 0.6 is 0 Å². The molecule has 1 fully saturated rings. The number of ether oxygens (including phenoxy) is 1. The van der Waals surface area contributed by atoms with Gasteiger partial charge < -0.3 is 15.2 Å². The molecule has 1 aromatic rings. The Balaban J connectivity index is 1.73. The van der Waals surface area contributed by atoms with Crippen molar-refractivity contribution in [3.63, 3.8) is 0 Å². The monoisotopic (exact) mass is 317 g/mol. The number of rotatable bonds is 6. The first-order valence-corrected chi connectivity index (χ1v) is 7.10. The smallest absolute Gasteiger partial charge is 0.406 e. The average molecular weight is 317 g/mol. The van der Waals surface area contributed by atoms with Crippen LogP contribution in [0.1, 0.15) is 31.2 Å². The Morgan fingerprint density at radius 1 is 1.27 bits per heavy atom. The van der Waals surface area contributed by atoms with Crippen LogP contribution in [0.2, 0.25) is 0 Å². The Morgan fingerprint density at radius 2 is 1.91 bits per heavy atom. The molecule has 0 radical (unpaired) electrons. The van der Waals surface area contributed by atoms with Crippen LogP contribution in [-0.2, 0) is 11.2 Å². The van der Waals surface area contributed by atoms with Gasteiger partial charge in [0.25, 0.3) is 0 Å². The van der Waals surface area contributed by atoms with E-state index < -0.39 is 12.0 Å². The predicted octanol–water partition coefficient (Wildman–Crippen LogP) is 2.55. The lowest BCUT2D eigenvalue weighted by Crippen LogP contribution is -2.47. The summed E-state index contributed by atoms with van der Waals surface area (Å²) in [6.07, 6.45) is -1.70. The van der Waals surface area contributed by atoms with Crippen molar-refractivity contribution in [3.05, 3.63) is 29.8 Å². The molecule has 7 heteroatoms. The molecule has 0 bridgehead atoms. The number of alkyl halides is 3. The van der Waals surface area contributed by atoms with Crippen LogP contribution in [0.15, 0.2) is 24.3 Å². The normalized spacial score (nSPS) is 16.7.